The van der Waals surface area contributed by atoms with Crippen LogP contribution in [-0.2, 0) is 11.3 Å². The van der Waals surface area contributed by atoms with Crippen LogP contribution in [-0.4, -0.2) is 47.0 Å². The molecule has 0 radical (unpaired) electrons. The lowest BCUT2D eigenvalue weighted by Crippen LogP contribution is -2.35. The number of benzene rings is 2. The molecule has 0 aliphatic carbocycles. The van der Waals surface area contributed by atoms with Crippen molar-refractivity contribution >= 4 is 12.4 Å². The number of alkyl carbamates (subject to hydrolysis) is 1. The predicted octanol–water partition coefficient (Wildman–Crippen LogP) is 1.92. The van der Waals surface area contributed by atoms with Crippen molar-refractivity contribution in [3.8, 4) is 11.5 Å². The third kappa shape index (κ3) is 5.70. The highest BCUT2D eigenvalue weighted by molar-refractivity contribution is 5.77. The fourth-order valence-corrected chi connectivity index (χ4v) is 2.49. The number of aromatic hydroxyl groups is 1. The number of aldehydes is 1. The van der Waals surface area contributed by atoms with Gasteiger partial charge in [-0.1, -0.05) is 30.3 Å². The largest absolute Gasteiger partial charge is 0.504 e. The van der Waals surface area contributed by atoms with Gasteiger partial charge >= 0.3 is 6.09 Å². The molecule has 8 heteroatoms. The summed E-state index contributed by atoms with van der Waals surface area (Å²) in [5.74, 6) is -0.366. The lowest BCUT2D eigenvalue weighted by molar-refractivity contribution is 0.0169. The Hall–Kier alpha value is -3.10. The second-order valence-corrected chi connectivity index (χ2v) is 5.96. The Morgan fingerprint density at radius 2 is 1.93 bits per heavy atom. The number of nitrogens with one attached hydrogen (secondary N) is 1. The quantitative estimate of drug-likeness (QED) is 0.483. The molecule has 1 amide bonds. The zero-order chi connectivity index (χ0) is 20.5. The molecule has 2 unspecified atom stereocenters. The van der Waals surface area contributed by atoms with Crippen LogP contribution in [0, 0.1) is 0 Å². The van der Waals surface area contributed by atoms with E-state index in [-0.39, 0.29) is 42.4 Å². The zero-order valence-electron chi connectivity index (χ0n) is 15.4. The van der Waals surface area contributed by atoms with Crippen molar-refractivity contribution in [3.63, 3.8) is 0 Å². The van der Waals surface area contributed by atoms with E-state index in [1.807, 2.05) is 18.2 Å². The van der Waals surface area contributed by atoms with E-state index in [0.29, 0.717) is 6.29 Å². The first kappa shape index (κ1) is 21.2. The van der Waals surface area contributed by atoms with E-state index < -0.39 is 18.3 Å². The summed E-state index contributed by atoms with van der Waals surface area (Å²) in [6, 6.07) is 11.6. The summed E-state index contributed by atoms with van der Waals surface area (Å²) in [6.45, 7) is 1.67. The van der Waals surface area contributed by atoms with Gasteiger partial charge in [0, 0.05) is 17.7 Å². The van der Waals surface area contributed by atoms with Crippen LogP contribution in [0.2, 0.25) is 0 Å². The molecule has 0 fully saturated rings. The summed E-state index contributed by atoms with van der Waals surface area (Å²) in [5, 5.41) is 33.0. The number of hydrogen-bond acceptors (Lipinski definition) is 7. The molecule has 2 rings (SSSR count). The summed E-state index contributed by atoms with van der Waals surface area (Å²) in [4.78, 5) is 22.8. The lowest BCUT2D eigenvalue weighted by Gasteiger charge is -2.21. The minimum Gasteiger partial charge on any atom is -0.504 e. The van der Waals surface area contributed by atoms with Gasteiger partial charge in [-0.15, -0.1) is 0 Å². The Bertz CT molecular complexity index is 795. The van der Waals surface area contributed by atoms with E-state index in [1.165, 1.54) is 12.1 Å². The molecule has 0 aliphatic heterocycles. The molecule has 4 N–H and O–H groups in total. The third-order valence-corrected chi connectivity index (χ3v) is 3.91. The molecule has 0 bridgehead atoms. The summed E-state index contributed by atoms with van der Waals surface area (Å²) in [6.07, 6.45) is -3.25. The smallest absolute Gasteiger partial charge is 0.407 e. The Morgan fingerprint density at radius 3 is 2.57 bits per heavy atom. The number of hydrogen-bond donors (Lipinski definition) is 4. The lowest BCUT2D eigenvalue weighted by atomic mass is 10.00. The molecular weight excluding hydrogens is 366 g/mol. The van der Waals surface area contributed by atoms with E-state index >= 15 is 0 Å². The number of phenols is 1. The van der Waals surface area contributed by atoms with Crippen molar-refractivity contribution in [2.75, 3.05) is 13.2 Å². The van der Waals surface area contributed by atoms with Gasteiger partial charge in [-0.25, -0.2) is 4.79 Å². The summed E-state index contributed by atoms with van der Waals surface area (Å²) >= 11 is 0. The topological polar surface area (TPSA) is 125 Å². The van der Waals surface area contributed by atoms with Crippen molar-refractivity contribution in [3.05, 3.63) is 59.2 Å². The maximum atomic E-state index is 11.7. The normalized spacial score (nSPS) is 12.7. The Kier molecular flexibility index (Phi) is 7.79. The van der Waals surface area contributed by atoms with Crippen molar-refractivity contribution in [2.24, 2.45) is 0 Å². The van der Waals surface area contributed by atoms with E-state index in [9.17, 15) is 24.9 Å². The van der Waals surface area contributed by atoms with Gasteiger partial charge in [0.25, 0.3) is 0 Å². The number of aliphatic hydroxyl groups is 2. The van der Waals surface area contributed by atoms with Gasteiger partial charge < -0.3 is 30.1 Å². The molecule has 2 aromatic rings. The van der Waals surface area contributed by atoms with Crippen LogP contribution in [0.25, 0.3) is 0 Å². The molecule has 8 nitrogen and oxygen atoms in total. The number of carbonyl (C=O) groups excluding carboxylic acids is 2. The molecule has 2 aromatic carbocycles. The van der Waals surface area contributed by atoms with Crippen LogP contribution in [0.5, 0.6) is 11.5 Å². The van der Waals surface area contributed by atoms with Crippen LogP contribution in [0.15, 0.2) is 42.5 Å². The average Bonchev–Trinajstić information content (AvgIpc) is 2.72. The van der Waals surface area contributed by atoms with Crippen LogP contribution in [0.3, 0.4) is 0 Å². The summed E-state index contributed by atoms with van der Waals surface area (Å²) < 4.78 is 10.2. The monoisotopic (exact) mass is 389 g/mol. The second-order valence-electron chi connectivity index (χ2n) is 5.96. The Balaban J connectivity index is 1.96. The maximum Gasteiger partial charge on any atom is 0.407 e. The fraction of sp³-hybridized carbons (Fsp3) is 0.300. The number of aliphatic hydroxyl groups excluding tert-OH is 2. The van der Waals surface area contributed by atoms with Gasteiger partial charge in [-0.05, 0) is 24.6 Å². The van der Waals surface area contributed by atoms with Crippen molar-refractivity contribution < 1.29 is 34.4 Å². The molecule has 0 spiro atoms. The molecule has 150 valence electrons. The molecular formula is C20H23NO7. The SMILES string of the molecule is CCOc1cc(C=O)cc(C(O)C(O)CNC(=O)OCc2ccccc2)c1O. The summed E-state index contributed by atoms with van der Waals surface area (Å²) in [5.41, 5.74) is 0.884. The van der Waals surface area contributed by atoms with Gasteiger partial charge in [0.05, 0.1) is 6.61 Å². The highest BCUT2D eigenvalue weighted by atomic mass is 16.5. The van der Waals surface area contributed by atoms with Crippen molar-refractivity contribution in [1.82, 2.24) is 5.32 Å². The fourth-order valence-electron chi connectivity index (χ4n) is 2.49. The standard InChI is InChI=1S/C20H23NO7/c1-2-27-17-9-14(11-22)8-15(19(17)25)18(24)16(23)10-21-20(26)28-12-13-6-4-3-5-7-13/h3-9,11,16,18,23-25H,2,10,12H2,1H3,(H,21,26). The van der Waals surface area contributed by atoms with Crippen LogP contribution in [0.4, 0.5) is 4.79 Å². The predicted molar refractivity (Wildman–Crippen MR) is 100 cm³/mol. The van der Waals surface area contributed by atoms with E-state index in [2.05, 4.69) is 5.32 Å². The van der Waals surface area contributed by atoms with Crippen LogP contribution in [0.1, 0.15) is 34.5 Å². The summed E-state index contributed by atoms with van der Waals surface area (Å²) in [7, 11) is 0. The number of amides is 1. The molecule has 2 atom stereocenters. The molecule has 0 aliphatic rings. The number of carbonyl (C=O) groups is 2. The van der Waals surface area contributed by atoms with Gasteiger partial charge in [0.15, 0.2) is 11.5 Å². The van der Waals surface area contributed by atoms with Gasteiger partial charge in [-0.2, -0.15) is 0 Å². The van der Waals surface area contributed by atoms with Gasteiger partial charge in [-0.3, -0.25) is 4.79 Å². The van der Waals surface area contributed by atoms with E-state index in [0.717, 1.165) is 5.56 Å². The first-order chi connectivity index (χ1) is 13.5. The Labute approximate surface area is 162 Å². The zero-order valence-corrected chi connectivity index (χ0v) is 15.4. The molecule has 0 aromatic heterocycles. The van der Waals surface area contributed by atoms with Crippen LogP contribution < -0.4 is 10.1 Å². The number of ether oxygens (including phenoxy) is 2. The Morgan fingerprint density at radius 1 is 1.21 bits per heavy atom. The number of phenolic OH excluding ortho intramolecular Hbond substituents is 1. The second kappa shape index (κ2) is 10.3. The molecule has 0 saturated carbocycles. The van der Waals surface area contributed by atoms with Crippen molar-refractivity contribution in [1.29, 1.82) is 0 Å². The van der Waals surface area contributed by atoms with E-state index in [1.54, 1.807) is 19.1 Å². The van der Waals surface area contributed by atoms with E-state index in [4.69, 9.17) is 9.47 Å². The molecule has 28 heavy (non-hydrogen) atoms. The molecule has 0 saturated heterocycles. The maximum absolute atomic E-state index is 11.7. The van der Waals surface area contributed by atoms with Gasteiger partial charge in [0.1, 0.15) is 25.1 Å². The average molecular weight is 389 g/mol. The first-order valence-electron chi connectivity index (χ1n) is 8.71. The minimum absolute atomic E-state index is 0.0172. The third-order valence-electron chi connectivity index (χ3n) is 3.91. The van der Waals surface area contributed by atoms with Crippen molar-refractivity contribution in [2.45, 2.75) is 25.7 Å². The highest BCUT2D eigenvalue weighted by Gasteiger charge is 2.25. The first-order valence-corrected chi connectivity index (χ1v) is 8.71. The number of rotatable bonds is 9. The highest BCUT2D eigenvalue weighted by Crippen LogP contribution is 2.36. The molecule has 0 heterocycles. The van der Waals surface area contributed by atoms with Gasteiger partial charge in [0.2, 0.25) is 0 Å². The minimum atomic E-state index is -1.56. The van der Waals surface area contributed by atoms with Crippen LogP contribution >= 0.6 is 0 Å².